The predicted octanol–water partition coefficient (Wildman–Crippen LogP) is 4.43. The summed E-state index contributed by atoms with van der Waals surface area (Å²) in [6.45, 7) is 5.44. The molecule has 0 spiro atoms. The van der Waals surface area contributed by atoms with Crippen LogP contribution in [0.5, 0.6) is 0 Å². The zero-order valence-corrected chi connectivity index (χ0v) is 15.8. The van der Waals surface area contributed by atoms with E-state index in [0.717, 1.165) is 41.0 Å². The van der Waals surface area contributed by atoms with E-state index in [9.17, 15) is 4.79 Å². The van der Waals surface area contributed by atoms with Gasteiger partial charge in [0.2, 0.25) is 5.89 Å². The van der Waals surface area contributed by atoms with Crippen molar-refractivity contribution in [2.45, 2.75) is 32.6 Å². The number of aryl methyl sites for hydroxylation is 2. The van der Waals surface area contributed by atoms with Crippen LogP contribution in [-0.2, 0) is 0 Å². The van der Waals surface area contributed by atoms with E-state index >= 15 is 0 Å². The molecule has 1 aliphatic rings. The molecule has 1 fully saturated rings. The van der Waals surface area contributed by atoms with E-state index in [-0.39, 0.29) is 11.8 Å². The van der Waals surface area contributed by atoms with Crippen molar-refractivity contribution >= 4 is 17.2 Å². The van der Waals surface area contributed by atoms with Gasteiger partial charge >= 0.3 is 0 Å². The number of carbonyl (C=O) groups is 1. The average molecular weight is 367 g/mol. The second-order valence-corrected chi connectivity index (χ2v) is 7.84. The lowest BCUT2D eigenvalue weighted by atomic mass is 9.97. The number of piperidine rings is 1. The quantitative estimate of drug-likeness (QED) is 0.687. The summed E-state index contributed by atoms with van der Waals surface area (Å²) >= 11 is 1.58. The first-order valence-electron chi connectivity index (χ1n) is 8.85. The third kappa shape index (κ3) is 3.42. The Bertz CT molecular complexity index is 897. The first kappa shape index (κ1) is 17.0. The fourth-order valence-corrected chi connectivity index (χ4v) is 4.19. The van der Waals surface area contributed by atoms with Crippen molar-refractivity contribution in [1.82, 2.24) is 15.1 Å². The number of amides is 1. The summed E-state index contributed by atoms with van der Waals surface area (Å²) in [5.41, 5.74) is 2.98. The lowest BCUT2D eigenvalue weighted by Gasteiger charge is -2.31. The number of thiophene rings is 1. The topological polar surface area (TPSA) is 59.2 Å². The van der Waals surface area contributed by atoms with Crippen LogP contribution in [0.25, 0.3) is 10.8 Å². The molecular formula is C20H21N3O2S. The van der Waals surface area contributed by atoms with Gasteiger partial charge in [0.1, 0.15) is 0 Å². The Kier molecular flexibility index (Phi) is 4.59. The molecule has 3 aromatic rings. The van der Waals surface area contributed by atoms with E-state index in [0.29, 0.717) is 18.3 Å². The number of carbonyl (C=O) groups excluding carboxylic acids is 1. The lowest BCUT2D eigenvalue weighted by Crippen LogP contribution is -2.39. The van der Waals surface area contributed by atoms with Gasteiger partial charge in [-0.15, -0.1) is 21.5 Å². The Balaban J connectivity index is 1.51. The van der Waals surface area contributed by atoms with Crippen LogP contribution in [-0.4, -0.2) is 34.1 Å². The smallest absolute Gasteiger partial charge is 0.257 e. The largest absolute Gasteiger partial charge is 0.420 e. The van der Waals surface area contributed by atoms with Crippen molar-refractivity contribution in [3.63, 3.8) is 0 Å². The van der Waals surface area contributed by atoms with Gasteiger partial charge in [-0.3, -0.25) is 4.79 Å². The van der Waals surface area contributed by atoms with Gasteiger partial charge in [0.25, 0.3) is 11.8 Å². The van der Waals surface area contributed by atoms with E-state index in [1.807, 2.05) is 48.4 Å². The van der Waals surface area contributed by atoms with Crippen LogP contribution in [0.15, 0.2) is 40.1 Å². The molecule has 1 unspecified atom stereocenters. The van der Waals surface area contributed by atoms with Crippen molar-refractivity contribution in [3.8, 4) is 10.8 Å². The Morgan fingerprint density at radius 2 is 2.04 bits per heavy atom. The maximum atomic E-state index is 12.9. The number of aromatic nitrogens is 2. The highest BCUT2D eigenvalue weighted by atomic mass is 32.1. The van der Waals surface area contributed by atoms with E-state index < -0.39 is 0 Å². The molecule has 5 nitrogen and oxygen atoms in total. The van der Waals surface area contributed by atoms with E-state index in [1.54, 1.807) is 11.3 Å². The fourth-order valence-electron chi connectivity index (χ4n) is 3.54. The predicted molar refractivity (Wildman–Crippen MR) is 101 cm³/mol. The van der Waals surface area contributed by atoms with Gasteiger partial charge in [-0.2, -0.15) is 0 Å². The fraction of sp³-hybridized carbons (Fsp3) is 0.350. The van der Waals surface area contributed by atoms with Crippen LogP contribution in [0, 0.1) is 13.8 Å². The monoisotopic (exact) mass is 367 g/mol. The van der Waals surface area contributed by atoms with Crippen molar-refractivity contribution in [2.75, 3.05) is 13.1 Å². The standard InChI is InChI=1S/C20H21N3O2S/c1-13-9-14(2)11-16(10-13)20(24)23-7-3-5-15(12-23)18-21-22-19(25-18)17-6-4-8-26-17/h4,6,8-11,15H,3,5,7,12H2,1-2H3. The summed E-state index contributed by atoms with van der Waals surface area (Å²) in [6, 6.07) is 9.94. The van der Waals surface area contributed by atoms with Gasteiger partial charge in [-0.25, -0.2) is 0 Å². The van der Waals surface area contributed by atoms with E-state index in [4.69, 9.17) is 4.42 Å². The van der Waals surface area contributed by atoms with Gasteiger partial charge in [0.05, 0.1) is 10.8 Å². The molecule has 134 valence electrons. The molecule has 1 saturated heterocycles. The van der Waals surface area contributed by atoms with E-state index in [1.165, 1.54) is 0 Å². The van der Waals surface area contributed by atoms with Crippen LogP contribution in [0.2, 0.25) is 0 Å². The van der Waals surface area contributed by atoms with Gasteiger partial charge in [0.15, 0.2) is 0 Å². The molecule has 0 radical (unpaired) electrons. The Labute approximate surface area is 156 Å². The summed E-state index contributed by atoms with van der Waals surface area (Å²) < 4.78 is 5.89. The zero-order valence-electron chi connectivity index (χ0n) is 14.9. The molecular weight excluding hydrogens is 346 g/mol. The minimum atomic E-state index is 0.0829. The molecule has 26 heavy (non-hydrogen) atoms. The minimum Gasteiger partial charge on any atom is -0.420 e. The van der Waals surface area contributed by atoms with Crippen LogP contribution < -0.4 is 0 Å². The van der Waals surface area contributed by atoms with Gasteiger partial charge in [-0.1, -0.05) is 23.3 Å². The number of hydrogen-bond acceptors (Lipinski definition) is 5. The number of benzene rings is 1. The highest BCUT2D eigenvalue weighted by Gasteiger charge is 2.29. The second-order valence-electron chi connectivity index (χ2n) is 6.89. The third-order valence-corrected chi connectivity index (χ3v) is 5.56. The summed E-state index contributed by atoms with van der Waals surface area (Å²) in [6.07, 6.45) is 1.90. The van der Waals surface area contributed by atoms with Crippen LogP contribution >= 0.6 is 11.3 Å². The first-order valence-corrected chi connectivity index (χ1v) is 9.73. The van der Waals surface area contributed by atoms with Crippen LogP contribution in [0.3, 0.4) is 0 Å². The summed E-state index contributed by atoms with van der Waals surface area (Å²) in [4.78, 5) is 15.8. The minimum absolute atomic E-state index is 0.0829. The molecule has 3 heterocycles. The third-order valence-electron chi connectivity index (χ3n) is 4.70. The Morgan fingerprint density at radius 1 is 1.23 bits per heavy atom. The van der Waals surface area contributed by atoms with Crippen molar-refractivity contribution in [1.29, 1.82) is 0 Å². The zero-order chi connectivity index (χ0) is 18.1. The maximum Gasteiger partial charge on any atom is 0.257 e. The highest BCUT2D eigenvalue weighted by Crippen LogP contribution is 2.30. The van der Waals surface area contributed by atoms with Crippen LogP contribution in [0.4, 0.5) is 0 Å². The lowest BCUT2D eigenvalue weighted by molar-refractivity contribution is 0.0698. The van der Waals surface area contributed by atoms with Crippen molar-refractivity contribution in [3.05, 3.63) is 58.3 Å². The summed E-state index contributed by atoms with van der Waals surface area (Å²) in [5, 5.41) is 10.4. The number of rotatable bonds is 3. The molecule has 0 bridgehead atoms. The van der Waals surface area contributed by atoms with E-state index in [2.05, 4.69) is 16.3 Å². The highest BCUT2D eigenvalue weighted by molar-refractivity contribution is 7.13. The SMILES string of the molecule is Cc1cc(C)cc(C(=O)N2CCCC(c3nnc(-c4cccs4)o3)C2)c1. The molecule has 1 aliphatic heterocycles. The maximum absolute atomic E-state index is 12.9. The molecule has 1 amide bonds. The number of likely N-dealkylation sites (tertiary alicyclic amines) is 1. The molecule has 6 heteroatoms. The van der Waals surface area contributed by atoms with Crippen molar-refractivity contribution in [2.24, 2.45) is 0 Å². The molecule has 4 rings (SSSR count). The second kappa shape index (κ2) is 7.03. The Morgan fingerprint density at radius 3 is 2.77 bits per heavy atom. The van der Waals surface area contributed by atoms with Gasteiger partial charge < -0.3 is 9.32 Å². The number of hydrogen-bond donors (Lipinski definition) is 0. The summed E-state index contributed by atoms with van der Waals surface area (Å²) in [7, 11) is 0. The molecule has 2 aromatic heterocycles. The van der Waals surface area contributed by atoms with Crippen molar-refractivity contribution < 1.29 is 9.21 Å². The summed E-state index contributed by atoms with van der Waals surface area (Å²) in [5.74, 6) is 1.37. The molecule has 0 N–H and O–H groups in total. The van der Waals surface area contributed by atoms with Gasteiger partial charge in [0, 0.05) is 18.7 Å². The molecule has 0 aliphatic carbocycles. The molecule has 1 aromatic carbocycles. The number of nitrogens with zero attached hydrogens (tertiary/aromatic N) is 3. The molecule has 0 saturated carbocycles. The average Bonchev–Trinajstić information content (AvgIpc) is 3.31. The molecule has 1 atom stereocenters. The van der Waals surface area contributed by atoms with Crippen LogP contribution in [0.1, 0.15) is 46.1 Å². The Hall–Kier alpha value is -2.47. The van der Waals surface area contributed by atoms with Gasteiger partial charge in [-0.05, 0) is 50.3 Å². The normalized spacial score (nSPS) is 17.5. The first-order chi connectivity index (χ1) is 12.6.